The third kappa shape index (κ3) is 3.03. The SMILES string of the molecule is C1=Cc2c(sc3c(-c4cccc5c4Sc4ccccc4C54c5ccccc5-n5c6ccccc6c6cccc4c65)cccc23)CC1. The van der Waals surface area contributed by atoms with Gasteiger partial charge in [0.15, 0.2) is 0 Å². The van der Waals surface area contributed by atoms with Crippen molar-refractivity contribution in [2.24, 2.45) is 0 Å². The van der Waals surface area contributed by atoms with Gasteiger partial charge in [0.2, 0.25) is 0 Å². The molecule has 0 bridgehead atoms. The summed E-state index contributed by atoms with van der Waals surface area (Å²) in [5, 5.41) is 4.01. The van der Waals surface area contributed by atoms with Gasteiger partial charge in [0.05, 0.1) is 22.1 Å². The number of hydrogen-bond donors (Lipinski definition) is 0. The highest BCUT2D eigenvalue weighted by Crippen LogP contribution is 2.62. The molecule has 216 valence electrons. The highest BCUT2D eigenvalue weighted by Gasteiger charge is 2.49. The van der Waals surface area contributed by atoms with Crippen LogP contribution in [0.5, 0.6) is 0 Å². The average molecular weight is 622 g/mol. The monoisotopic (exact) mass is 621 g/mol. The van der Waals surface area contributed by atoms with E-state index in [0.29, 0.717) is 0 Å². The average Bonchev–Trinajstić information content (AvgIpc) is 3.67. The normalized spacial score (nSPS) is 17.3. The van der Waals surface area contributed by atoms with Crippen LogP contribution in [0.4, 0.5) is 0 Å². The number of aryl methyl sites for hydroxylation is 1. The number of thiophene rings is 1. The lowest BCUT2D eigenvalue weighted by atomic mass is 9.62. The van der Waals surface area contributed by atoms with Gasteiger partial charge in [-0.3, -0.25) is 0 Å². The molecule has 46 heavy (non-hydrogen) atoms. The Kier molecular flexibility index (Phi) is 5.03. The van der Waals surface area contributed by atoms with Crippen LogP contribution in [0.25, 0.3) is 54.8 Å². The summed E-state index contributed by atoms with van der Waals surface area (Å²) in [7, 11) is 0. The van der Waals surface area contributed by atoms with E-state index < -0.39 is 5.41 Å². The molecule has 0 saturated carbocycles. The van der Waals surface area contributed by atoms with Crippen molar-refractivity contribution in [3.8, 4) is 16.8 Å². The molecule has 4 heterocycles. The Balaban J connectivity index is 1.31. The number of para-hydroxylation sites is 3. The lowest BCUT2D eigenvalue weighted by Gasteiger charge is -2.45. The fourth-order valence-corrected chi connectivity index (χ4v) is 11.4. The second-order valence-corrected chi connectivity index (χ2v) is 14.8. The van der Waals surface area contributed by atoms with Crippen LogP contribution in [0.15, 0.2) is 143 Å². The number of fused-ring (bicyclic) bond motifs is 14. The molecule has 1 aliphatic carbocycles. The molecule has 1 unspecified atom stereocenters. The van der Waals surface area contributed by atoms with Gasteiger partial charge in [0.25, 0.3) is 0 Å². The smallest absolute Gasteiger partial charge is 0.0764 e. The summed E-state index contributed by atoms with van der Waals surface area (Å²) in [6, 6.07) is 48.2. The van der Waals surface area contributed by atoms with Crippen LogP contribution in [-0.4, -0.2) is 4.57 Å². The molecule has 3 heteroatoms. The van der Waals surface area contributed by atoms with Crippen LogP contribution in [0.2, 0.25) is 0 Å². The first-order valence-corrected chi connectivity index (χ1v) is 17.7. The van der Waals surface area contributed by atoms with Gasteiger partial charge in [-0.25, -0.2) is 0 Å². The number of rotatable bonds is 1. The van der Waals surface area contributed by atoms with E-state index >= 15 is 0 Å². The summed E-state index contributed by atoms with van der Waals surface area (Å²) < 4.78 is 3.94. The molecule has 0 amide bonds. The van der Waals surface area contributed by atoms with Gasteiger partial charge in [-0.15, -0.1) is 11.3 Å². The lowest BCUT2D eigenvalue weighted by Crippen LogP contribution is -2.37. The Bertz CT molecular complexity index is 2630. The largest absolute Gasteiger partial charge is 0.309 e. The zero-order valence-corrected chi connectivity index (χ0v) is 26.6. The minimum Gasteiger partial charge on any atom is -0.309 e. The molecule has 0 fully saturated rings. The highest BCUT2D eigenvalue weighted by atomic mass is 32.2. The molecule has 2 aliphatic heterocycles. The van der Waals surface area contributed by atoms with Crippen molar-refractivity contribution in [2.75, 3.05) is 0 Å². The number of hydrogen-bond acceptors (Lipinski definition) is 2. The first kappa shape index (κ1) is 25.4. The third-order valence-corrected chi connectivity index (χ3v) is 13.0. The van der Waals surface area contributed by atoms with Gasteiger partial charge >= 0.3 is 0 Å². The Morgan fingerprint density at radius 2 is 1.30 bits per heavy atom. The molecule has 1 nitrogen and oxygen atoms in total. The molecule has 6 aromatic carbocycles. The van der Waals surface area contributed by atoms with Gasteiger partial charge in [0.1, 0.15) is 0 Å². The van der Waals surface area contributed by atoms with Crippen LogP contribution in [0.1, 0.15) is 39.1 Å². The lowest BCUT2D eigenvalue weighted by molar-refractivity contribution is 0.690. The van der Waals surface area contributed by atoms with Crippen LogP contribution in [0.3, 0.4) is 0 Å². The predicted molar refractivity (Wildman–Crippen MR) is 195 cm³/mol. The second kappa shape index (κ2) is 9.13. The van der Waals surface area contributed by atoms with Crippen LogP contribution >= 0.6 is 23.1 Å². The minimum absolute atomic E-state index is 0.459. The topological polar surface area (TPSA) is 4.93 Å². The van der Waals surface area contributed by atoms with Gasteiger partial charge in [-0.1, -0.05) is 133 Å². The molecule has 1 atom stereocenters. The molecule has 3 aliphatic rings. The number of allylic oxidation sites excluding steroid dienone is 1. The standard InChI is InChI=1S/C43H27NS2/c1-5-22-36-26(12-1)28-14-10-20-34-40(28)44(36)37-23-6-3-18-32(37)43(34)33-19-4-8-25-39(33)46-42-31(17-11-21-35(42)43)30-16-9-15-29-27-13-2-7-24-38(27)45-41(29)30/h1-6,8-23,25H,7,24H2. The second-order valence-electron chi connectivity index (χ2n) is 12.7. The van der Waals surface area contributed by atoms with Gasteiger partial charge in [-0.2, -0.15) is 0 Å². The number of nitrogens with zero attached hydrogens (tertiary/aromatic N) is 1. The van der Waals surface area contributed by atoms with Gasteiger partial charge < -0.3 is 4.57 Å². The van der Waals surface area contributed by atoms with E-state index in [9.17, 15) is 0 Å². The summed E-state index contributed by atoms with van der Waals surface area (Å²) in [5.41, 5.74) is 13.0. The van der Waals surface area contributed by atoms with Crippen molar-refractivity contribution in [1.29, 1.82) is 0 Å². The Morgan fingerprint density at radius 3 is 2.28 bits per heavy atom. The summed E-state index contributed by atoms with van der Waals surface area (Å²) in [5.74, 6) is 0. The maximum absolute atomic E-state index is 2.53. The molecule has 0 N–H and O–H groups in total. The third-order valence-electron chi connectivity index (χ3n) is 10.5. The van der Waals surface area contributed by atoms with Crippen LogP contribution < -0.4 is 0 Å². The van der Waals surface area contributed by atoms with Crippen LogP contribution in [0, 0.1) is 0 Å². The summed E-state index contributed by atoms with van der Waals surface area (Å²) in [6.45, 7) is 0. The minimum atomic E-state index is -0.459. The highest BCUT2D eigenvalue weighted by molar-refractivity contribution is 7.99. The zero-order valence-electron chi connectivity index (χ0n) is 25.0. The van der Waals surface area contributed by atoms with E-state index in [2.05, 4.69) is 144 Å². The maximum Gasteiger partial charge on any atom is 0.0764 e. The van der Waals surface area contributed by atoms with Crippen molar-refractivity contribution in [3.05, 3.63) is 166 Å². The molecule has 1 spiro atoms. The molecule has 0 saturated heterocycles. The first-order valence-electron chi connectivity index (χ1n) is 16.1. The first-order chi connectivity index (χ1) is 22.8. The van der Waals surface area contributed by atoms with Crippen molar-refractivity contribution < 1.29 is 0 Å². The van der Waals surface area contributed by atoms with E-state index in [-0.39, 0.29) is 0 Å². The van der Waals surface area contributed by atoms with Crippen molar-refractivity contribution in [2.45, 2.75) is 28.0 Å². The van der Waals surface area contributed by atoms with Crippen LogP contribution in [-0.2, 0) is 11.8 Å². The molecular formula is C43H27NS2. The maximum atomic E-state index is 2.53. The molecule has 11 rings (SSSR count). The van der Waals surface area contributed by atoms with Crippen molar-refractivity contribution in [1.82, 2.24) is 4.57 Å². The Morgan fingerprint density at radius 1 is 0.587 bits per heavy atom. The van der Waals surface area contributed by atoms with E-state index in [4.69, 9.17) is 0 Å². The van der Waals surface area contributed by atoms with E-state index in [1.54, 1.807) is 0 Å². The predicted octanol–water partition coefficient (Wildman–Crippen LogP) is 11.8. The fourth-order valence-electron chi connectivity index (χ4n) is 8.74. The number of aromatic nitrogens is 1. The summed E-state index contributed by atoms with van der Waals surface area (Å²) >= 11 is 3.95. The van der Waals surface area contributed by atoms with Gasteiger partial charge in [-0.05, 0) is 64.4 Å². The van der Waals surface area contributed by atoms with Crippen molar-refractivity contribution in [3.63, 3.8) is 0 Å². The number of benzene rings is 6. The molecule has 0 radical (unpaired) electrons. The fraction of sp³-hybridized carbons (Fsp3) is 0.0698. The van der Waals surface area contributed by atoms with E-state index in [0.717, 1.165) is 12.8 Å². The summed E-state index contributed by atoms with van der Waals surface area (Å²) in [6.07, 6.45) is 6.95. The van der Waals surface area contributed by atoms with Gasteiger partial charge in [0, 0.05) is 41.1 Å². The summed E-state index contributed by atoms with van der Waals surface area (Å²) in [4.78, 5) is 4.22. The van der Waals surface area contributed by atoms with E-state index in [1.807, 2.05) is 23.1 Å². The molecule has 8 aromatic rings. The van der Waals surface area contributed by atoms with Crippen molar-refractivity contribution >= 4 is 61.1 Å². The Labute approximate surface area is 275 Å². The quantitative estimate of drug-likeness (QED) is 0.177. The van der Waals surface area contributed by atoms with E-state index in [1.165, 1.54) is 91.2 Å². The molecule has 2 aromatic heterocycles. The zero-order chi connectivity index (χ0) is 30.0. The molecular weight excluding hydrogens is 595 g/mol. The Hall–Kier alpha value is -4.83.